The lowest BCUT2D eigenvalue weighted by molar-refractivity contribution is -0.131. The Bertz CT molecular complexity index is 616. The zero-order chi connectivity index (χ0) is 28.8. The summed E-state index contributed by atoms with van der Waals surface area (Å²) in [5, 5.41) is 32.7. The molecule has 5 heteroatoms. The van der Waals surface area contributed by atoms with Gasteiger partial charge in [0.15, 0.2) is 0 Å². The van der Waals surface area contributed by atoms with E-state index in [1.54, 1.807) is 6.08 Å². The molecular formula is C34H63NO4. The standard InChI is InChI=1S/C34H63NO4/c1-3-5-7-9-11-13-14-15-16-17-18-19-21-22-24-26-28-32(37)31(30-36)35-34(39)33(38)29-27-25-23-20-12-10-8-6-4-2/h15-16,19,21,26,28,31-33,36-38H,3-14,17-18,20,22-25,27,29-30H2,1-2H3,(H,35,39)/b16-15+,21-19+,28-26+. The molecule has 3 unspecified atom stereocenters. The smallest absolute Gasteiger partial charge is 0.249 e. The van der Waals surface area contributed by atoms with Crippen molar-refractivity contribution in [1.82, 2.24) is 5.32 Å². The first-order valence-corrected chi connectivity index (χ1v) is 16.3. The highest BCUT2D eigenvalue weighted by Crippen LogP contribution is 2.12. The zero-order valence-electron chi connectivity index (χ0n) is 25.5. The fraction of sp³-hybridized carbons (Fsp3) is 0.794. The van der Waals surface area contributed by atoms with Crippen LogP contribution in [0.1, 0.15) is 149 Å². The number of allylic oxidation sites excluding steroid dienone is 5. The van der Waals surface area contributed by atoms with Crippen LogP contribution in [-0.2, 0) is 4.79 Å². The van der Waals surface area contributed by atoms with Crippen molar-refractivity contribution in [2.45, 2.75) is 167 Å². The van der Waals surface area contributed by atoms with Gasteiger partial charge in [-0.15, -0.1) is 0 Å². The van der Waals surface area contributed by atoms with E-state index in [4.69, 9.17) is 0 Å². The van der Waals surface area contributed by atoms with Crippen molar-refractivity contribution in [3.63, 3.8) is 0 Å². The van der Waals surface area contributed by atoms with Crippen LogP contribution in [0.4, 0.5) is 0 Å². The molecule has 0 spiro atoms. The van der Waals surface area contributed by atoms with E-state index in [-0.39, 0.29) is 6.61 Å². The molecule has 39 heavy (non-hydrogen) atoms. The van der Waals surface area contributed by atoms with Crippen molar-refractivity contribution < 1.29 is 20.1 Å². The lowest BCUT2D eigenvalue weighted by atomic mass is 10.0. The number of rotatable bonds is 28. The van der Waals surface area contributed by atoms with Crippen LogP contribution in [0.15, 0.2) is 36.5 Å². The summed E-state index contributed by atoms with van der Waals surface area (Å²) in [6.45, 7) is 4.09. The van der Waals surface area contributed by atoms with Gasteiger partial charge >= 0.3 is 0 Å². The van der Waals surface area contributed by atoms with Crippen LogP contribution in [0.3, 0.4) is 0 Å². The van der Waals surface area contributed by atoms with Crippen LogP contribution in [0.2, 0.25) is 0 Å². The SMILES string of the molecule is CCCCCCCC/C=C/CC/C=C/CC/C=C/C(O)C(CO)NC(=O)C(O)CCCCCCCCCCC. The highest BCUT2D eigenvalue weighted by Gasteiger charge is 2.22. The molecular weight excluding hydrogens is 486 g/mol. The Kier molecular flexibility index (Phi) is 28.5. The van der Waals surface area contributed by atoms with Crippen LogP contribution < -0.4 is 5.32 Å². The summed E-state index contributed by atoms with van der Waals surface area (Å²) >= 11 is 0. The van der Waals surface area contributed by atoms with E-state index >= 15 is 0 Å². The molecule has 0 saturated carbocycles. The van der Waals surface area contributed by atoms with Gasteiger partial charge < -0.3 is 20.6 Å². The monoisotopic (exact) mass is 549 g/mol. The van der Waals surface area contributed by atoms with Crippen LogP contribution in [-0.4, -0.2) is 46.1 Å². The lowest BCUT2D eigenvalue weighted by Crippen LogP contribution is -2.48. The molecule has 0 aliphatic carbocycles. The molecule has 0 aliphatic rings. The van der Waals surface area contributed by atoms with E-state index in [0.717, 1.165) is 44.9 Å². The zero-order valence-corrected chi connectivity index (χ0v) is 25.5. The third-order valence-electron chi connectivity index (χ3n) is 7.21. The Morgan fingerprint density at radius 1 is 0.615 bits per heavy atom. The molecule has 0 aromatic carbocycles. The average molecular weight is 550 g/mol. The molecule has 0 rings (SSSR count). The maximum absolute atomic E-state index is 12.3. The van der Waals surface area contributed by atoms with Gasteiger partial charge in [-0.2, -0.15) is 0 Å². The first-order valence-electron chi connectivity index (χ1n) is 16.3. The molecule has 0 aliphatic heterocycles. The highest BCUT2D eigenvalue weighted by molar-refractivity contribution is 5.80. The van der Waals surface area contributed by atoms with Crippen molar-refractivity contribution in [2.24, 2.45) is 0 Å². The van der Waals surface area contributed by atoms with Crippen LogP contribution in [0, 0.1) is 0 Å². The Labute approximate surface area is 241 Å². The van der Waals surface area contributed by atoms with Crippen LogP contribution in [0.5, 0.6) is 0 Å². The van der Waals surface area contributed by atoms with Crippen molar-refractivity contribution in [1.29, 1.82) is 0 Å². The van der Waals surface area contributed by atoms with Gasteiger partial charge in [-0.05, 0) is 44.9 Å². The van der Waals surface area contributed by atoms with Gasteiger partial charge in [-0.1, -0.05) is 140 Å². The Hall–Kier alpha value is -1.43. The Morgan fingerprint density at radius 2 is 1.05 bits per heavy atom. The molecule has 228 valence electrons. The van der Waals surface area contributed by atoms with Gasteiger partial charge in [-0.25, -0.2) is 0 Å². The van der Waals surface area contributed by atoms with Gasteiger partial charge in [0, 0.05) is 0 Å². The number of unbranched alkanes of at least 4 members (excludes halogenated alkanes) is 16. The fourth-order valence-corrected chi connectivity index (χ4v) is 4.57. The minimum Gasteiger partial charge on any atom is -0.394 e. The second-order valence-electron chi connectivity index (χ2n) is 11.0. The van der Waals surface area contributed by atoms with Gasteiger partial charge in [-0.3, -0.25) is 4.79 Å². The third kappa shape index (κ3) is 25.3. The van der Waals surface area contributed by atoms with Crippen molar-refractivity contribution in [3.8, 4) is 0 Å². The minimum atomic E-state index is -1.10. The quantitative estimate of drug-likeness (QED) is 0.0586. The van der Waals surface area contributed by atoms with Gasteiger partial charge in [0.05, 0.1) is 18.8 Å². The Balaban J connectivity index is 3.90. The van der Waals surface area contributed by atoms with Crippen molar-refractivity contribution in [2.75, 3.05) is 6.61 Å². The van der Waals surface area contributed by atoms with E-state index in [2.05, 4.69) is 43.5 Å². The predicted molar refractivity (Wildman–Crippen MR) is 167 cm³/mol. The Morgan fingerprint density at radius 3 is 1.56 bits per heavy atom. The number of amides is 1. The average Bonchev–Trinajstić information content (AvgIpc) is 2.94. The van der Waals surface area contributed by atoms with Gasteiger partial charge in [0.1, 0.15) is 6.10 Å². The number of aliphatic hydroxyl groups excluding tert-OH is 3. The second-order valence-corrected chi connectivity index (χ2v) is 11.0. The number of hydrogen-bond acceptors (Lipinski definition) is 4. The van der Waals surface area contributed by atoms with Crippen LogP contribution >= 0.6 is 0 Å². The molecule has 4 N–H and O–H groups in total. The van der Waals surface area contributed by atoms with Gasteiger partial charge in [0.2, 0.25) is 5.91 Å². The molecule has 0 aromatic heterocycles. The maximum atomic E-state index is 12.3. The van der Waals surface area contributed by atoms with E-state index < -0.39 is 24.2 Å². The number of aliphatic hydroxyl groups is 3. The first-order chi connectivity index (χ1) is 19.1. The molecule has 0 bridgehead atoms. The summed E-state index contributed by atoms with van der Waals surface area (Å²) < 4.78 is 0. The number of hydrogen-bond donors (Lipinski definition) is 4. The molecule has 5 nitrogen and oxygen atoms in total. The first kappa shape index (κ1) is 37.6. The number of nitrogens with one attached hydrogen (secondary N) is 1. The van der Waals surface area contributed by atoms with Crippen molar-refractivity contribution in [3.05, 3.63) is 36.5 Å². The van der Waals surface area contributed by atoms with E-state index in [9.17, 15) is 20.1 Å². The predicted octanol–water partition coefficient (Wildman–Crippen LogP) is 8.09. The van der Waals surface area contributed by atoms with E-state index in [0.29, 0.717) is 6.42 Å². The van der Waals surface area contributed by atoms with E-state index in [1.807, 2.05) is 6.08 Å². The fourth-order valence-electron chi connectivity index (χ4n) is 4.57. The summed E-state index contributed by atoms with van der Waals surface area (Å²) in [4.78, 5) is 12.3. The molecule has 0 heterocycles. The van der Waals surface area contributed by atoms with Crippen molar-refractivity contribution >= 4 is 5.91 Å². The summed E-state index contributed by atoms with van der Waals surface area (Å²) in [5.41, 5.74) is 0. The second kappa shape index (κ2) is 29.6. The third-order valence-corrected chi connectivity index (χ3v) is 7.21. The summed E-state index contributed by atoms with van der Waals surface area (Å²) in [6, 6.07) is -0.815. The molecule has 0 aromatic rings. The summed E-state index contributed by atoms with van der Waals surface area (Å²) in [7, 11) is 0. The normalized spacial score (nSPS) is 14.5. The summed E-state index contributed by atoms with van der Waals surface area (Å²) in [6.07, 6.45) is 34.4. The number of carbonyl (C=O) groups excluding carboxylic acids is 1. The number of carbonyl (C=O) groups is 1. The highest BCUT2D eigenvalue weighted by atomic mass is 16.3. The van der Waals surface area contributed by atoms with Crippen LogP contribution in [0.25, 0.3) is 0 Å². The molecule has 0 saturated heterocycles. The van der Waals surface area contributed by atoms with Gasteiger partial charge in [0.25, 0.3) is 0 Å². The molecule has 1 amide bonds. The molecule has 0 fully saturated rings. The molecule has 3 atom stereocenters. The lowest BCUT2D eigenvalue weighted by Gasteiger charge is -2.21. The maximum Gasteiger partial charge on any atom is 0.249 e. The minimum absolute atomic E-state index is 0.381. The largest absolute Gasteiger partial charge is 0.394 e. The summed E-state index contributed by atoms with van der Waals surface area (Å²) in [5.74, 6) is -0.523. The topological polar surface area (TPSA) is 89.8 Å². The molecule has 0 radical (unpaired) electrons. The van der Waals surface area contributed by atoms with E-state index in [1.165, 1.54) is 83.5 Å².